The first-order valence-electron chi connectivity index (χ1n) is 4.76. The maximum absolute atomic E-state index is 11.5. The van der Waals surface area contributed by atoms with Gasteiger partial charge in [-0.3, -0.25) is 9.59 Å². The van der Waals surface area contributed by atoms with Crippen molar-refractivity contribution >= 4 is 23.6 Å². The molecule has 80 valence electrons. The summed E-state index contributed by atoms with van der Waals surface area (Å²) in [5.74, 6) is -0.122. The highest BCUT2D eigenvalue weighted by atomic mass is 32.2. The molecule has 1 fully saturated rings. The third-order valence-corrected chi connectivity index (χ3v) is 3.58. The molecule has 2 N–H and O–H groups in total. The molecule has 0 bridgehead atoms. The summed E-state index contributed by atoms with van der Waals surface area (Å²) in [6, 6.07) is -0.787. The van der Waals surface area contributed by atoms with E-state index in [0.717, 1.165) is 25.0 Å². The summed E-state index contributed by atoms with van der Waals surface area (Å²) in [5.41, 5.74) is 0. The monoisotopic (exact) mass is 217 g/mol. The molecule has 1 heterocycles. The minimum Gasteiger partial charge on any atom is -0.480 e. The highest BCUT2D eigenvalue weighted by molar-refractivity contribution is 8.00. The van der Waals surface area contributed by atoms with E-state index in [2.05, 4.69) is 5.32 Å². The van der Waals surface area contributed by atoms with Crippen molar-refractivity contribution in [3.8, 4) is 0 Å². The Morgan fingerprint density at radius 2 is 2.21 bits per heavy atom. The SMILES string of the molecule is C[C@@H](NC(=O)C1CCCCS1)C(=O)O. The Labute approximate surface area is 87.4 Å². The van der Waals surface area contributed by atoms with Crippen molar-refractivity contribution in [1.29, 1.82) is 0 Å². The van der Waals surface area contributed by atoms with Crippen LogP contribution in [0.1, 0.15) is 26.2 Å². The molecule has 0 saturated carbocycles. The molecule has 2 atom stereocenters. The van der Waals surface area contributed by atoms with Crippen LogP contribution in [0, 0.1) is 0 Å². The first-order valence-corrected chi connectivity index (χ1v) is 5.81. The van der Waals surface area contributed by atoms with Crippen molar-refractivity contribution in [2.45, 2.75) is 37.5 Å². The molecule has 0 aromatic carbocycles. The van der Waals surface area contributed by atoms with Gasteiger partial charge in [0.05, 0.1) is 5.25 Å². The molecule has 0 aliphatic carbocycles. The predicted octanol–water partition coefficient (Wildman–Crippen LogP) is 0.861. The second-order valence-electron chi connectivity index (χ2n) is 3.42. The molecule has 1 aliphatic rings. The van der Waals surface area contributed by atoms with Crippen molar-refractivity contribution in [3.63, 3.8) is 0 Å². The average molecular weight is 217 g/mol. The quantitative estimate of drug-likeness (QED) is 0.736. The van der Waals surface area contributed by atoms with Gasteiger partial charge in [0.15, 0.2) is 0 Å². The minimum atomic E-state index is -0.987. The topological polar surface area (TPSA) is 66.4 Å². The van der Waals surface area contributed by atoms with Crippen LogP contribution in [0.4, 0.5) is 0 Å². The number of thioether (sulfide) groups is 1. The fourth-order valence-electron chi connectivity index (χ4n) is 1.32. The smallest absolute Gasteiger partial charge is 0.325 e. The number of aliphatic carboxylic acids is 1. The standard InChI is InChI=1S/C9H15NO3S/c1-6(9(12)13)10-8(11)7-4-2-3-5-14-7/h6-7H,2-5H2,1H3,(H,10,11)(H,12,13)/t6-,7?/m1/s1. The molecular weight excluding hydrogens is 202 g/mol. The number of carboxylic acids is 1. The van der Waals surface area contributed by atoms with E-state index < -0.39 is 12.0 Å². The van der Waals surface area contributed by atoms with E-state index in [9.17, 15) is 9.59 Å². The van der Waals surface area contributed by atoms with Gasteiger partial charge >= 0.3 is 5.97 Å². The lowest BCUT2D eigenvalue weighted by molar-refractivity contribution is -0.141. The first kappa shape index (κ1) is 11.4. The number of rotatable bonds is 3. The number of nitrogens with one attached hydrogen (secondary N) is 1. The number of carbonyl (C=O) groups excluding carboxylic acids is 1. The molecule has 0 aromatic heterocycles. The highest BCUT2D eigenvalue weighted by Gasteiger charge is 2.24. The van der Waals surface area contributed by atoms with Crippen molar-refractivity contribution in [3.05, 3.63) is 0 Å². The summed E-state index contributed by atoms with van der Waals surface area (Å²) in [6.45, 7) is 1.48. The normalized spacial score (nSPS) is 23.9. The van der Waals surface area contributed by atoms with Crippen molar-refractivity contribution in [1.82, 2.24) is 5.32 Å². The average Bonchev–Trinajstić information content (AvgIpc) is 2.19. The van der Waals surface area contributed by atoms with E-state index in [-0.39, 0.29) is 11.2 Å². The lowest BCUT2D eigenvalue weighted by atomic mass is 10.1. The summed E-state index contributed by atoms with van der Waals surface area (Å²) in [5, 5.41) is 11.0. The van der Waals surface area contributed by atoms with Crippen LogP contribution in [-0.4, -0.2) is 34.0 Å². The van der Waals surface area contributed by atoms with Gasteiger partial charge in [0.1, 0.15) is 6.04 Å². The van der Waals surface area contributed by atoms with Gasteiger partial charge in [-0.25, -0.2) is 0 Å². The van der Waals surface area contributed by atoms with Crippen LogP contribution in [0.5, 0.6) is 0 Å². The number of carbonyl (C=O) groups is 2. The Morgan fingerprint density at radius 3 is 2.71 bits per heavy atom. The predicted molar refractivity (Wildman–Crippen MR) is 55.3 cm³/mol. The third kappa shape index (κ3) is 3.21. The van der Waals surface area contributed by atoms with Crippen LogP contribution in [0.15, 0.2) is 0 Å². The fraction of sp³-hybridized carbons (Fsp3) is 0.778. The van der Waals surface area contributed by atoms with Crippen LogP contribution < -0.4 is 5.32 Å². The van der Waals surface area contributed by atoms with E-state index in [0.29, 0.717) is 0 Å². The Hall–Kier alpha value is -0.710. The Balaban J connectivity index is 2.36. The van der Waals surface area contributed by atoms with Gasteiger partial charge in [-0.15, -0.1) is 11.8 Å². The van der Waals surface area contributed by atoms with Crippen LogP contribution >= 0.6 is 11.8 Å². The molecule has 1 rings (SSSR count). The van der Waals surface area contributed by atoms with Crippen LogP contribution in [0.25, 0.3) is 0 Å². The molecule has 0 spiro atoms. The molecule has 1 amide bonds. The summed E-state index contributed by atoms with van der Waals surface area (Å²) in [6.07, 6.45) is 3.08. The molecule has 1 aliphatic heterocycles. The van der Waals surface area contributed by atoms with E-state index >= 15 is 0 Å². The van der Waals surface area contributed by atoms with Crippen LogP contribution in [-0.2, 0) is 9.59 Å². The molecule has 14 heavy (non-hydrogen) atoms. The van der Waals surface area contributed by atoms with Crippen LogP contribution in [0.2, 0.25) is 0 Å². The van der Waals surface area contributed by atoms with Crippen LogP contribution in [0.3, 0.4) is 0 Å². The van der Waals surface area contributed by atoms with Gasteiger partial charge in [0.25, 0.3) is 0 Å². The Morgan fingerprint density at radius 1 is 1.50 bits per heavy atom. The van der Waals surface area contributed by atoms with Crippen molar-refractivity contribution in [2.75, 3.05) is 5.75 Å². The van der Waals surface area contributed by atoms with E-state index in [4.69, 9.17) is 5.11 Å². The Bertz CT molecular complexity index is 226. The zero-order valence-corrected chi connectivity index (χ0v) is 8.97. The third-order valence-electron chi connectivity index (χ3n) is 2.20. The number of carboxylic acid groups (broad SMARTS) is 1. The lowest BCUT2D eigenvalue weighted by Crippen LogP contribution is -2.43. The Kier molecular flexibility index (Phi) is 4.25. The molecule has 1 saturated heterocycles. The second kappa shape index (κ2) is 5.24. The van der Waals surface area contributed by atoms with E-state index in [1.54, 1.807) is 11.8 Å². The second-order valence-corrected chi connectivity index (χ2v) is 4.73. The highest BCUT2D eigenvalue weighted by Crippen LogP contribution is 2.24. The van der Waals surface area contributed by atoms with Crippen molar-refractivity contribution in [2.24, 2.45) is 0 Å². The molecule has 5 heteroatoms. The largest absolute Gasteiger partial charge is 0.480 e. The van der Waals surface area contributed by atoms with Gasteiger partial charge < -0.3 is 10.4 Å². The first-order chi connectivity index (χ1) is 6.61. The maximum Gasteiger partial charge on any atom is 0.325 e. The van der Waals surface area contributed by atoms with Gasteiger partial charge in [0, 0.05) is 0 Å². The number of amides is 1. The van der Waals surface area contributed by atoms with Gasteiger partial charge in [-0.05, 0) is 25.5 Å². The molecule has 4 nitrogen and oxygen atoms in total. The molecular formula is C9H15NO3S. The van der Waals surface area contributed by atoms with Gasteiger partial charge in [-0.1, -0.05) is 6.42 Å². The summed E-state index contributed by atoms with van der Waals surface area (Å²) in [4.78, 5) is 22.0. The minimum absolute atomic E-state index is 0.0504. The van der Waals surface area contributed by atoms with Gasteiger partial charge in [0.2, 0.25) is 5.91 Å². The summed E-state index contributed by atoms with van der Waals surface area (Å²) >= 11 is 1.62. The lowest BCUT2D eigenvalue weighted by Gasteiger charge is -2.21. The molecule has 0 radical (unpaired) electrons. The molecule has 0 aromatic rings. The zero-order chi connectivity index (χ0) is 10.6. The number of hydrogen-bond donors (Lipinski definition) is 2. The zero-order valence-electron chi connectivity index (χ0n) is 8.16. The fourth-order valence-corrected chi connectivity index (χ4v) is 2.52. The summed E-state index contributed by atoms with van der Waals surface area (Å²) in [7, 11) is 0. The summed E-state index contributed by atoms with van der Waals surface area (Å²) < 4.78 is 0. The maximum atomic E-state index is 11.5. The number of hydrogen-bond acceptors (Lipinski definition) is 3. The van der Waals surface area contributed by atoms with E-state index in [1.165, 1.54) is 6.92 Å². The molecule has 1 unspecified atom stereocenters. The van der Waals surface area contributed by atoms with Gasteiger partial charge in [-0.2, -0.15) is 0 Å². The van der Waals surface area contributed by atoms with Crippen molar-refractivity contribution < 1.29 is 14.7 Å². The van der Waals surface area contributed by atoms with E-state index in [1.807, 2.05) is 0 Å².